The monoisotopic (exact) mass is 281 g/mol. The topological polar surface area (TPSA) is 38.3 Å². The number of carbonyl (C=O) groups is 1. The molecular formula is C18H19NO2. The quantitative estimate of drug-likeness (QED) is 0.876. The number of hydrogen-bond donors (Lipinski definition) is 1. The van der Waals surface area contributed by atoms with Crippen LogP contribution in [0.3, 0.4) is 0 Å². The van der Waals surface area contributed by atoms with Gasteiger partial charge in [-0.3, -0.25) is 4.79 Å². The lowest BCUT2D eigenvalue weighted by molar-refractivity contribution is 0.103. The van der Waals surface area contributed by atoms with Gasteiger partial charge in [-0.2, -0.15) is 0 Å². The highest BCUT2D eigenvalue weighted by Gasteiger charge is 2.14. The number of nitrogens with one attached hydrogen (secondary N) is 1. The van der Waals surface area contributed by atoms with Gasteiger partial charge in [0, 0.05) is 17.7 Å². The molecule has 3 heteroatoms. The van der Waals surface area contributed by atoms with Gasteiger partial charge in [0.2, 0.25) is 0 Å². The Morgan fingerprint density at radius 3 is 2.62 bits per heavy atom. The van der Waals surface area contributed by atoms with Gasteiger partial charge < -0.3 is 10.1 Å². The zero-order valence-corrected chi connectivity index (χ0v) is 12.2. The van der Waals surface area contributed by atoms with Gasteiger partial charge in [-0.1, -0.05) is 12.1 Å². The lowest BCUT2D eigenvalue weighted by Crippen LogP contribution is -2.23. The van der Waals surface area contributed by atoms with E-state index in [4.69, 9.17) is 4.74 Å². The molecule has 1 aliphatic heterocycles. The Bertz CT molecular complexity index is 647. The summed E-state index contributed by atoms with van der Waals surface area (Å²) in [6, 6.07) is 13.4. The molecule has 0 amide bonds. The van der Waals surface area contributed by atoms with Crippen LogP contribution < -0.4 is 10.1 Å². The van der Waals surface area contributed by atoms with E-state index < -0.39 is 0 Å². The average Bonchev–Trinajstić information content (AvgIpc) is 2.55. The second kappa shape index (κ2) is 6.10. The van der Waals surface area contributed by atoms with Gasteiger partial charge in [-0.15, -0.1) is 0 Å². The second-order valence-corrected chi connectivity index (χ2v) is 5.20. The van der Waals surface area contributed by atoms with Crippen LogP contribution in [0.15, 0.2) is 42.5 Å². The first kappa shape index (κ1) is 13.8. The molecule has 1 aliphatic rings. The Balaban J connectivity index is 1.84. The van der Waals surface area contributed by atoms with Gasteiger partial charge in [-0.25, -0.2) is 0 Å². The summed E-state index contributed by atoms with van der Waals surface area (Å²) in [7, 11) is 0. The van der Waals surface area contributed by atoms with Gasteiger partial charge in [0.15, 0.2) is 5.78 Å². The molecule has 0 fully saturated rings. The minimum atomic E-state index is 0.0615. The molecule has 1 N–H and O–H groups in total. The first-order chi connectivity index (χ1) is 10.3. The Morgan fingerprint density at radius 2 is 1.86 bits per heavy atom. The van der Waals surface area contributed by atoms with E-state index in [2.05, 4.69) is 11.4 Å². The first-order valence-corrected chi connectivity index (χ1v) is 7.38. The molecule has 0 unspecified atom stereocenters. The second-order valence-electron chi connectivity index (χ2n) is 5.20. The highest BCUT2D eigenvalue weighted by atomic mass is 16.5. The summed E-state index contributed by atoms with van der Waals surface area (Å²) >= 11 is 0. The van der Waals surface area contributed by atoms with Crippen LogP contribution >= 0.6 is 0 Å². The number of rotatable bonds is 4. The number of carbonyl (C=O) groups excluding carboxylic acids is 1. The lowest BCUT2D eigenvalue weighted by atomic mass is 9.95. The molecule has 0 atom stereocenters. The largest absolute Gasteiger partial charge is 0.494 e. The number of hydrogen-bond acceptors (Lipinski definition) is 3. The van der Waals surface area contributed by atoms with Crippen LogP contribution in [0, 0.1) is 0 Å². The summed E-state index contributed by atoms with van der Waals surface area (Å²) in [5.41, 5.74) is 4.03. The van der Waals surface area contributed by atoms with Crippen molar-refractivity contribution in [1.82, 2.24) is 5.32 Å². The van der Waals surface area contributed by atoms with E-state index in [1.807, 2.05) is 43.3 Å². The Morgan fingerprint density at radius 1 is 1.10 bits per heavy atom. The normalized spacial score (nSPS) is 13.6. The Hall–Kier alpha value is -2.13. The maximum atomic E-state index is 12.5. The third-order valence-corrected chi connectivity index (χ3v) is 3.78. The third kappa shape index (κ3) is 2.98. The Labute approximate surface area is 124 Å². The van der Waals surface area contributed by atoms with E-state index in [1.165, 1.54) is 11.1 Å². The third-order valence-electron chi connectivity index (χ3n) is 3.78. The summed E-state index contributed by atoms with van der Waals surface area (Å²) < 4.78 is 5.40. The van der Waals surface area contributed by atoms with E-state index in [9.17, 15) is 4.79 Å². The SMILES string of the molecule is CCOc1ccc(C(=O)c2ccc3c(c2)CNCC3)cc1. The molecule has 0 radical (unpaired) electrons. The van der Waals surface area contributed by atoms with Crippen molar-refractivity contribution < 1.29 is 9.53 Å². The van der Waals surface area contributed by atoms with Crippen molar-refractivity contribution in [3.8, 4) is 5.75 Å². The first-order valence-electron chi connectivity index (χ1n) is 7.38. The summed E-state index contributed by atoms with van der Waals surface area (Å²) in [6.45, 7) is 4.43. The molecule has 3 nitrogen and oxygen atoms in total. The standard InChI is InChI=1S/C18H19NO2/c1-2-21-17-7-5-14(6-8-17)18(20)15-4-3-13-9-10-19-12-16(13)11-15/h3-8,11,19H,2,9-10,12H2,1H3. The minimum Gasteiger partial charge on any atom is -0.494 e. The molecule has 2 aromatic rings. The maximum absolute atomic E-state index is 12.5. The van der Waals surface area contributed by atoms with Crippen LogP contribution in [0.1, 0.15) is 34.0 Å². The van der Waals surface area contributed by atoms with Gasteiger partial charge >= 0.3 is 0 Å². The molecule has 3 rings (SSSR count). The van der Waals surface area contributed by atoms with Crippen LogP contribution in [0.25, 0.3) is 0 Å². The predicted octanol–water partition coefficient (Wildman–Crippen LogP) is 2.96. The van der Waals surface area contributed by atoms with Gasteiger partial charge in [0.25, 0.3) is 0 Å². The van der Waals surface area contributed by atoms with Crippen LogP contribution in [0.5, 0.6) is 5.75 Å². The van der Waals surface area contributed by atoms with Crippen molar-refractivity contribution in [3.05, 3.63) is 64.7 Å². The average molecular weight is 281 g/mol. The van der Waals surface area contributed by atoms with E-state index in [0.717, 1.165) is 30.8 Å². The van der Waals surface area contributed by atoms with Crippen molar-refractivity contribution in [2.24, 2.45) is 0 Å². The van der Waals surface area contributed by atoms with Crippen molar-refractivity contribution >= 4 is 5.78 Å². The highest BCUT2D eigenvalue weighted by Crippen LogP contribution is 2.20. The number of benzene rings is 2. The van der Waals surface area contributed by atoms with E-state index >= 15 is 0 Å². The number of ether oxygens (including phenoxy) is 1. The van der Waals surface area contributed by atoms with Crippen LogP contribution in [0.2, 0.25) is 0 Å². The molecule has 0 aromatic heterocycles. The molecule has 0 saturated heterocycles. The van der Waals surface area contributed by atoms with Crippen molar-refractivity contribution in [2.45, 2.75) is 19.9 Å². The summed E-state index contributed by atoms with van der Waals surface area (Å²) in [6.07, 6.45) is 1.03. The lowest BCUT2D eigenvalue weighted by Gasteiger charge is -2.17. The molecule has 0 spiro atoms. The maximum Gasteiger partial charge on any atom is 0.193 e. The fraction of sp³-hybridized carbons (Fsp3) is 0.278. The fourth-order valence-corrected chi connectivity index (χ4v) is 2.66. The summed E-state index contributed by atoms with van der Waals surface area (Å²) in [4.78, 5) is 12.5. The molecule has 0 bridgehead atoms. The minimum absolute atomic E-state index is 0.0615. The summed E-state index contributed by atoms with van der Waals surface area (Å²) in [5, 5.41) is 3.34. The highest BCUT2D eigenvalue weighted by molar-refractivity contribution is 6.09. The van der Waals surface area contributed by atoms with Crippen LogP contribution in [0.4, 0.5) is 0 Å². The zero-order chi connectivity index (χ0) is 14.7. The van der Waals surface area contributed by atoms with Crippen LogP contribution in [-0.4, -0.2) is 18.9 Å². The molecule has 1 heterocycles. The summed E-state index contributed by atoms with van der Waals surface area (Å²) in [5.74, 6) is 0.857. The van der Waals surface area contributed by atoms with Gasteiger partial charge in [0.1, 0.15) is 5.75 Å². The number of ketones is 1. The molecule has 108 valence electrons. The Kier molecular flexibility index (Phi) is 4.02. The van der Waals surface area contributed by atoms with E-state index in [1.54, 1.807) is 0 Å². The van der Waals surface area contributed by atoms with E-state index in [0.29, 0.717) is 12.2 Å². The van der Waals surface area contributed by atoms with Gasteiger partial charge in [-0.05, 0) is 61.3 Å². The van der Waals surface area contributed by atoms with Gasteiger partial charge in [0.05, 0.1) is 6.61 Å². The molecule has 21 heavy (non-hydrogen) atoms. The van der Waals surface area contributed by atoms with E-state index in [-0.39, 0.29) is 5.78 Å². The zero-order valence-electron chi connectivity index (χ0n) is 12.2. The molecule has 0 saturated carbocycles. The van der Waals surface area contributed by atoms with Crippen molar-refractivity contribution in [3.63, 3.8) is 0 Å². The predicted molar refractivity (Wildman–Crippen MR) is 82.9 cm³/mol. The molecular weight excluding hydrogens is 262 g/mol. The van der Waals surface area contributed by atoms with Crippen molar-refractivity contribution in [2.75, 3.05) is 13.2 Å². The smallest absolute Gasteiger partial charge is 0.193 e. The fourth-order valence-electron chi connectivity index (χ4n) is 2.66. The molecule has 0 aliphatic carbocycles. The number of fused-ring (bicyclic) bond motifs is 1. The van der Waals surface area contributed by atoms with Crippen molar-refractivity contribution in [1.29, 1.82) is 0 Å². The molecule has 2 aromatic carbocycles. The van der Waals surface area contributed by atoms with Crippen LogP contribution in [-0.2, 0) is 13.0 Å².